The maximum absolute atomic E-state index is 12.3. The Kier molecular flexibility index (Phi) is 3.40. The zero-order chi connectivity index (χ0) is 13.3. The molecule has 3 N–H and O–H groups in total. The molecule has 1 heterocycles. The average molecular weight is 295 g/mol. The molecule has 0 amide bonds. The van der Waals surface area contributed by atoms with Crippen LogP contribution < -0.4 is 5.73 Å². The first kappa shape index (κ1) is 13.0. The van der Waals surface area contributed by atoms with E-state index in [1.165, 1.54) is 0 Å². The van der Waals surface area contributed by atoms with Gasteiger partial charge in [0.2, 0.25) is 11.0 Å². The van der Waals surface area contributed by atoms with Crippen LogP contribution in [0.1, 0.15) is 5.82 Å². The highest BCUT2D eigenvalue weighted by molar-refractivity contribution is 7.99. The summed E-state index contributed by atoms with van der Waals surface area (Å²) in [5.41, 5.74) is 6.02. The number of anilines is 1. The molecule has 0 aliphatic rings. The Morgan fingerprint density at radius 1 is 1.33 bits per heavy atom. The molecule has 0 aliphatic heterocycles. The van der Waals surface area contributed by atoms with Crippen molar-refractivity contribution < 1.29 is 13.2 Å². The number of H-pyrrole nitrogens is 1. The summed E-state index contributed by atoms with van der Waals surface area (Å²) >= 11 is 6.75. The maximum Gasteiger partial charge on any atom is 0.451 e. The number of rotatable bonds is 2. The molecule has 0 spiro atoms. The van der Waals surface area contributed by atoms with Crippen LogP contribution >= 0.6 is 23.4 Å². The number of alkyl halides is 3. The maximum atomic E-state index is 12.3. The van der Waals surface area contributed by atoms with Crippen molar-refractivity contribution in [2.75, 3.05) is 5.73 Å². The van der Waals surface area contributed by atoms with Crippen molar-refractivity contribution in [1.82, 2.24) is 15.2 Å². The van der Waals surface area contributed by atoms with Crippen molar-refractivity contribution in [3.63, 3.8) is 0 Å². The Morgan fingerprint density at radius 2 is 2.06 bits per heavy atom. The van der Waals surface area contributed by atoms with Gasteiger partial charge in [-0.3, -0.25) is 5.10 Å². The molecule has 0 atom stereocenters. The highest BCUT2D eigenvalue weighted by Crippen LogP contribution is 2.36. The average Bonchev–Trinajstić information content (AvgIpc) is 2.72. The fourth-order valence-electron chi connectivity index (χ4n) is 1.14. The van der Waals surface area contributed by atoms with E-state index in [1.807, 2.05) is 5.10 Å². The Bertz CT molecular complexity index is 549. The topological polar surface area (TPSA) is 67.6 Å². The van der Waals surface area contributed by atoms with Crippen molar-refractivity contribution >= 4 is 29.1 Å². The van der Waals surface area contributed by atoms with Crippen LogP contribution in [0.3, 0.4) is 0 Å². The molecule has 9 heteroatoms. The molecule has 0 saturated heterocycles. The molecule has 0 unspecified atom stereocenters. The number of nitrogen functional groups attached to an aromatic ring is 1. The van der Waals surface area contributed by atoms with Crippen LogP contribution in [0.4, 0.5) is 18.9 Å². The number of aromatic nitrogens is 3. The normalized spacial score (nSPS) is 11.8. The molecule has 1 aromatic carbocycles. The number of halogens is 4. The Labute approximate surface area is 109 Å². The van der Waals surface area contributed by atoms with E-state index in [0.717, 1.165) is 11.8 Å². The SMILES string of the molecule is Nc1cccc(Cl)c1Sc1n[nH]c(C(F)(F)F)n1. The van der Waals surface area contributed by atoms with Crippen molar-refractivity contribution in [2.24, 2.45) is 0 Å². The second-order valence-corrected chi connectivity index (χ2v) is 4.61. The quantitative estimate of drug-likeness (QED) is 0.835. The van der Waals surface area contributed by atoms with E-state index in [1.54, 1.807) is 18.2 Å². The van der Waals surface area contributed by atoms with Crippen LogP contribution in [-0.4, -0.2) is 15.2 Å². The predicted molar refractivity (Wildman–Crippen MR) is 61.4 cm³/mol. The van der Waals surface area contributed by atoms with Gasteiger partial charge < -0.3 is 5.73 Å². The summed E-state index contributed by atoms with van der Waals surface area (Å²) in [6.07, 6.45) is -4.56. The first-order valence-electron chi connectivity index (χ1n) is 4.59. The number of nitrogens with two attached hydrogens (primary N) is 1. The number of benzene rings is 1. The predicted octanol–water partition coefficient (Wildman–Crippen LogP) is 3.21. The molecule has 4 nitrogen and oxygen atoms in total. The number of hydrogen-bond acceptors (Lipinski definition) is 4. The van der Waals surface area contributed by atoms with Gasteiger partial charge in [0, 0.05) is 5.69 Å². The molecule has 0 aliphatic carbocycles. The standard InChI is InChI=1S/C9H6ClF3N4S/c10-4-2-1-3-5(14)6(4)18-8-15-7(16-17-8)9(11,12)13/h1-3H,14H2,(H,15,16,17). The van der Waals surface area contributed by atoms with E-state index in [9.17, 15) is 13.2 Å². The lowest BCUT2D eigenvalue weighted by molar-refractivity contribution is -0.144. The molecule has 2 aromatic rings. The molecule has 96 valence electrons. The van der Waals surface area contributed by atoms with Gasteiger partial charge in [-0.25, -0.2) is 0 Å². The number of hydrogen-bond donors (Lipinski definition) is 2. The zero-order valence-electron chi connectivity index (χ0n) is 8.62. The third-order valence-electron chi connectivity index (χ3n) is 1.92. The zero-order valence-corrected chi connectivity index (χ0v) is 10.2. The summed E-state index contributed by atoms with van der Waals surface area (Å²) in [5.74, 6) is -1.16. The van der Waals surface area contributed by atoms with Crippen LogP contribution in [0.5, 0.6) is 0 Å². The van der Waals surface area contributed by atoms with Crippen LogP contribution in [0.25, 0.3) is 0 Å². The number of nitrogens with zero attached hydrogens (tertiary/aromatic N) is 2. The van der Waals surface area contributed by atoms with Gasteiger partial charge in [0.1, 0.15) is 0 Å². The minimum atomic E-state index is -4.56. The second-order valence-electron chi connectivity index (χ2n) is 3.22. The van der Waals surface area contributed by atoms with Gasteiger partial charge in [0.05, 0.1) is 9.92 Å². The molecule has 0 bridgehead atoms. The molecule has 2 rings (SSSR count). The van der Waals surface area contributed by atoms with E-state index >= 15 is 0 Å². The minimum absolute atomic E-state index is 0.0953. The van der Waals surface area contributed by atoms with Crippen LogP contribution in [0.2, 0.25) is 5.02 Å². The van der Waals surface area contributed by atoms with Gasteiger partial charge in [-0.2, -0.15) is 18.2 Å². The van der Waals surface area contributed by atoms with Gasteiger partial charge in [0.25, 0.3) is 0 Å². The van der Waals surface area contributed by atoms with Gasteiger partial charge in [-0.05, 0) is 23.9 Å². The molecular weight excluding hydrogens is 289 g/mol. The van der Waals surface area contributed by atoms with Gasteiger partial charge in [-0.15, -0.1) is 5.10 Å². The molecule has 0 saturated carbocycles. The number of nitrogens with one attached hydrogen (secondary N) is 1. The Hall–Kier alpha value is -1.41. The van der Waals surface area contributed by atoms with Crippen LogP contribution in [0.15, 0.2) is 28.3 Å². The first-order valence-corrected chi connectivity index (χ1v) is 5.79. The van der Waals surface area contributed by atoms with Gasteiger partial charge in [-0.1, -0.05) is 17.7 Å². The van der Waals surface area contributed by atoms with Gasteiger partial charge in [0.15, 0.2) is 0 Å². The van der Waals surface area contributed by atoms with Gasteiger partial charge >= 0.3 is 6.18 Å². The third kappa shape index (κ3) is 2.70. The van der Waals surface area contributed by atoms with Crippen LogP contribution in [-0.2, 0) is 6.18 Å². The van der Waals surface area contributed by atoms with Crippen LogP contribution in [0, 0.1) is 0 Å². The fraction of sp³-hybridized carbons (Fsp3) is 0.111. The highest BCUT2D eigenvalue weighted by atomic mass is 35.5. The van der Waals surface area contributed by atoms with E-state index in [4.69, 9.17) is 17.3 Å². The van der Waals surface area contributed by atoms with Crippen molar-refractivity contribution in [2.45, 2.75) is 16.2 Å². The first-order chi connectivity index (χ1) is 8.38. The van der Waals surface area contributed by atoms with Crippen molar-refractivity contribution in [3.05, 3.63) is 29.0 Å². The van der Waals surface area contributed by atoms with E-state index in [-0.39, 0.29) is 5.16 Å². The Balaban J connectivity index is 2.27. The molecule has 1 aromatic heterocycles. The second kappa shape index (κ2) is 4.69. The smallest absolute Gasteiger partial charge is 0.398 e. The summed E-state index contributed by atoms with van der Waals surface area (Å²) in [6, 6.07) is 4.81. The monoisotopic (exact) mass is 294 g/mol. The lowest BCUT2D eigenvalue weighted by Crippen LogP contribution is -2.07. The van der Waals surface area contributed by atoms with Crippen molar-refractivity contribution in [3.8, 4) is 0 Å². The molecular formula is C9H6ClF3N4S. The molecule has 0 fully saturated rings. The Morgan fingerprint density at radius 3 is 2.61 bits per heavy atom. The lowest BCUT2D eigenvalue weighted by atomic mass is 10.3. The third-order valence-corrected chi connectivity index (χ3v) is 3.38. The van der Waals surface area contributed by atoms with Crippen molar-refractivity contribution in [1.29, 1.82) is 0 Å². The largest absolute Gasteiger partial charge is 0.451 e. The summed E-state index contributed by atoms with van der Waals surface area (Å²) in [7, 11) is 0. The summed E-state index contributed by atoms with van der Waals surface area (Å²) < 4.78 is 36.9. The number of aromatic amines is 1. The summed E-state index contributed by atoms with van der Waals surface area (Å²) in [6.45, 7) is 0. The summed E-state index contributed by atoms with van der Waals surface area (Å²) in [4.78, 5) is 3.74. The van der Waals surface area contributed by atoms with E-state index in [0.29, 0.717) is 15.6 Å². The highest BCUT2D eigenvalue weighted by Gasteiger charge is 2.35. The molecule has 18 heavy (non-hydrogen) atoms. The minimum Gasteiger partial charge on any atom is -0.398 e. The summed E-state index contributed by atoms with van der Waals surface area (Å²) in [5, 5.41) is 5.50. The van der Waals surface area contributed by atoms with E-state index in [2.05, 4.69) is 10.1 Å². The van der Waals surface area contributed by atoms with E-state index < -0.39 is 12.0 Å². The lowest BCUT2D eigenvalue weighted by Gasteiger charge is -2.04. The fourth-order valence-corrected chi connectivity index (χ4v) is 2.20. The molecule has 0 radical (unpaired) electrons.